The van der Waals surface area contributed by atoms with Crippen LogP contribution in [0.2, 0.25) is 0 Å². The molecule has 0 saturated carbocycles. The maximum Gasteiger partial charge on any atom is 0.261 e. The Bertz CT molecular complexity index is 837. The summed E-state index contributed by atoms with van der Waals surface area (Å²) in [4.78, 5) is 38.5. The van der Waals surface area contributed by atoms with Crippen molar-refractivity contribution in [3.05, 3.63) is 22.4 Å². The smallest absolute Gasteiger partial charge is 0.261 e. The molecule has 2 atom stereocenters. The molecule has 8 nitrogen and oxygen atoms in total. The van der Waals surface area contributed by atoms with Gasteiger partial charge in [-0.1, -0.05) is 26.8 Å². The topological polar surface area (TPSA) is 113 Å². The van der Waals surface area contributed by atoms with Crippen LogP contribution in [0.15, 0.2) is 17.5 Å². The Hall–Kier alpha value is -1.78. The molecule has 0 spiro atoms. The van der Waals surface area contributed by atoms with Crippen molar-refractivity contribution in [2.24, 2.45) is 5.92 Å². The lowest BCUT2D eigenvalue weighted by molar-refractivity contribution is -0.129. The van der Waals surface area contributed by atoms with Crippen molar-refractivity contribution in [1.29, 1.82) is 0 Å². The standard InChI is InChI=1S/C20H31N3O5S2/c1-4-11-30(27,28)23-9-5-7-15(17(24)13-23)21-19(25)16(12-14(2)3)22-20(26)18-8-6-10-29-18/h6,8,10,14-16H,4-5,7,9,11-13H2,1-3H3,(H,21,25)(H,22,26)/t15-,16?/m0/s1. The lowest BCUT2D eigenvalue weighted by Gasteiger charge is -2.23. The summed E-state index contributed by atoms with van der Waals surface area (Å²) in [5, 5.41) is 7.30. The summed E-state index contributed by atoms with van der Waals surface area (Å²) in [6.45, 7) is 5.71. The Balaban J connectivity index is 2.05. The molecule has 1 aromatic heterocycles. The van der Waals surface area contributed by atoms with Crippen molar-refractivity contribution in [3.63, 3.8) is 0 Å². The van der Waals surface area contributed by atoms with E-state index in [4.69, 9.17) is 0 Å². The molecule has 1 aliphatic heterocycles. The molecule has 2 amide bonds. The van der Waals surface area contributed by atoms with E-state index in [0.29, 0.717) is 30.6 Å². The molecule has 2 N–H and O–H groups in total. The van der Waals surface area contributed by atoms with E-state index in [9.17, 15) is 22.8 Å². The van der Waals surface area contributed by atoms with Gasteiger partial charge in [-0.15, -0.1) is 11.3 Å². The highest BCUT2D eigenvalue weighted by Crippen LogP contribution is 2.15. The minimum absolute atomic E-state index is 0.00250. The molecule has 1 saturated heterocycles. The zero-order valence-corrected chi connectivity index (χ0v) is 19.4. The van der Waals surface area contributed by atoms with E-state index in [0.717, 1.165) is 0 Å². The number of Topliss-reactive ketones (excluding diaryl/α,β-unsaturated/α-hetero) is 1. The number of hydrogen-bond donors (Lipinski definition) is 2. The molecule has 1 unspecified atom stereocenters. The predicted molar refractivity (Wildman–Crippen MR) is 117 cm³/mol. The third kappa shape index (κ3) is 6.88. The van der Waals surface area contributed by atoms with E-state index in [1.807, 2.05) is 13.8 Å². The van der Waals surface area contributed by atoms with Gasteiger partial charge in [0.2, 0.25) is 15.9 Å². The fourth-order valence-electron chi connectivity index (χ4n) is 3.39. The predicted octanol–water partition coefficient (Wildman–Crippen LogP) is 1.78. The molecule has 168 valence electrons. The van der Waals surface area contributed by atoms with Gasteiger partial charge in [0.05, 0.1) is 23.2 Å². The zero-order chi connectivity index (χ0) is 22.3. The van der Waals surface area contributed by atoms with Crippen molar-refractivity contribution in [1.82, 2.24) is 14.9 Å². The van der Waals surface area contributed by atoms with Crippen LogP contribution in [0.25, 0.3) is 0 Å². The fraction of sp³-hybridized carbons (Fsp3) is 0.650. The molecule has 2 heterocycles. The van der Waals surface area contributed by atoms with E-state index in [-0.39, 0.29) is 36.5 Å². The van der Waals surface area contributed by atoms with Crippen LogP contribution in [0.3, 0.4) is 0 Å². The summed E-state index contributed by atoms with van der Waals surface area (Å²) in [5.74, 6) is -0.911. The van der Waals surface area contributed by atoms with Gasteiger partial charge in [-0.25, -0.2) is 8.42 Å². The monoisotopic (exact) mass is 457 g/mol. The number of carbonyl (C=O) groups excluding carboxylic acids is 3. The molecule has 30 heavy (non-hydrogen) atoms. The Morgan fingerprint density at radius 2 is 2.07 bits per heavy atom. The van der Waals surface area contributed by atoms with Crippen molar-refractivity contribution in [2.45, 2.75) is 58.5 Å². The maximum absolute atomic E-state index is 12.9. The summed E-state index contributed by atoms with van der Waals surface area (Å²) in [6.07, 6.45) is 1.76. The summed E-state index contributed by atoms with van der Waals surface area (Å²) in [6, 6.07) is 1.92. The van der Waals surface area contributed by atoms with E-state index in [1.165, 1.54) is 15.6 Å². The Morgan fingerprint density at radius 3 is 2.67 bits per heavy atom. The van der Waals surface area contributed by atoms with E-state index in [2.05, 4.69) is 10.6 Å². The van der Waals surface area contributed by atoms with Gasteiger partial charge >= 0.3 is 0 Å². The van der Waals surface area contributed by atoms with Gasteiger partial charge in [-0.2, -0.15) is 4.31 Å². The highest BCUT2D eigenvalue weighted by atomic mass is 32.2. The number of thiophene rings is 1. The molecule has 0 radical (unpaired) electrons. The van der Waals surface area contributed by atoms with Crippen LogP contribution < -0.4 is 10.6 Å². The number of nitrogens with zero attached hydrogens (tertiary/aromatic N) is 1. The fourth-order valence-corrected chi connectivity index (χ4v) is 5.52. The van der Waals surface area contributed by atoms with Gasteiger partial charge in [-0.3, -0.25) is 14.4 Å². The minimum Gasteiger partial charge on any atom is -0.344 e. The maximum atomic E-state index is 12.9. The second kappa shape index (κ2) is 11.0. The summed E-state index contributed by atoms with van der Waals surface area (Å²) in [7, 11) is -3.47. The highest BCUT2D eigenvalue weighted by Gasteiger charge is 2.33. The van der Waals surface area contributed by atoms with Crippen LogP contribution in [0, 0.1) is 5.92 Å². The Kier molecular flexibility index (Phi) is 8.99. The molecule has 1 aromatic rings. The summed E-state index contributed by atoms with van der Waals surface area (Å²) >= 11 is 1.29. The normalized spacial score (nSPS) is 19.3. The lowest BCUT2D eigenvalue weighted by Crippen LogP contribution is -2.52. The zero-order valence-electron chi connectivity index (χ0n) is 17.7. The summed E-state index contributed by atoms with van der Waals surface area (Å²) in [5.41, 5.74) is 0. The average Bonchev–Trinajstić information content (AvgIpc) is 3.13. The van der Waals surface area contributed by atoms with Gasteiger partial charge in [0.15, 0.2) is 5.78 Å². The third-order valence-corrected chi connectivity index (χ3v) is 7.76. The lowest BCUT2D eigenvalue weighted by atomic mass is 10.0. The van der Waals surface area contributed by atoms with Crippen molar-refractivity contribution in [2.75, 3.05) is 18.8 Å². The molecule has 0 aromatic carbocycles. The highest BCUT2D eigenvalue weighted by molar-refractivity contribution is 7.89. The largest absolute Gasteiger partial charge is 0.344 e. The molecule has 10 heteroatoms. The van der Waals surface area contributed by atoms with Gasteiger partial charge in [-0.05, 0) is 43.0 Å². The van der Waals surface area contributed by atoms with Gasteiger partial charge < -0.3 is 10.6 Å². The van der Waals surface area contributed by atoms with Gasteiger partial charge in [0, 0.05) is 6.54 Å². The van der Waals surface area contributed by atoms with Crippen LogP contribution >= 0.6 is 11.3 Å². The van der Waals surface area contributed by atoms with Crippen molar-refractivity contribution >= 4 is 39.0 Å². The van der Waals surface area contributed by atoms with Crippen LogP contribution in [-0.4, -0.2) is 61.2 Å². The first-order valence-electron chi connectivity index (χ1n) is 10.3. The average molecular weight is 458 g/mol. The number of sulfonamides is 1. The van der Waals surface area contributed by atoms with Crippen molar-refractivity contribution < 1.29 is 22.8 Å². The van der Waals surface area contributed by atoms with Crippen LogP contribution in [0.4, 0.5) is 0 Å². The third-order valence-electron chi connectivity index (χ3n) is 4.87. The first-order valence-corrected chi connectivity index (χ1v) is 12.8. The van der Waals surface area contributed by atoms with Gasteiger partial charge in [0.1, 0.15) is 6.04 Å². The van der Waals surface area contributed by atoms with Crippen LogP contribution in [-0.2, 0) is 19.6 Å². The van der Waals surface area contributed by atoms with E-state index < -0.39 is 28.0 Å². The second-order valence-corrected chi connectivity index (χ2v) is 11.0. The minimum atomic E-state index is -3.47. The molecule has 1 aliphatic rings. The number of carbonyl (C=O) groups is 3. The molecule has 0 aliphatic carbocycles. The number of amides is 2. The quantitative estimate of drug-likeness (QED) is 0.587. The molecule has 1 fully saturated rings. The number of ketones is 1. The molecule has 2 rings (SSSR count). The van der Waals surface area contributed by atoms with Crippen LogP contribution in [0.5, 0.6) is 0 Å². The molecular formula is C20H31N3O5S2. The molecule has 0 bridgehead atoms. The SMILES string of the molecule is CCCS(=O)(=O)N1CCC[C@H](NC(=O)C(CC(C)C)NC(=O)c2cccs2)C(=O)C1. The number of rotatable bonds is 9. The Labute approximate surface area is 182 Å². The van der Waals surface area contributed by atoms with Crippen LogP contribution in [0.1, 0.15) is 56.1 Å². The number of hydrogen-bond acceptors (Lipinski definition) is 6. The van der Waals surface area contributed by atoms with Gasteiger partial charge in [0.25, 0.3) is 5.91 Å². The molecular weight excluding hydrogens is 426 g/mol. The van der Waals surface area contributed by atoms with Crippen molar-refractivity contribution in [3.8, 4) is 0 Å². The second-order valence-electron chi connectivity index (χ2n) is 7.95. The number of nitrogens with one attached hydrogen (secondary N) is 2. The van der Waals surface area contributed by atoms with E-state index in [1.54, 1.807) is 24.4 Å². The van der Waals surface area contributed by atoms with E-state index >= 15 is 0 Å². The Morgan fingerprint density at radius 1 is 1.33 bits per heavy atom. The summed E-state index contributed by atoms with van der Waals surface area (Å²) < 4.78 is 25.8. The first-order chi connectivity index (χ1) is 14.1. The first kappa shape index (κ1) is 24.5.